The molecule has 0 bridgehead atoms. The average molecular weight is 365 g/mol. The summed E-state index contributed by atoms with van der Waals surface area (Å²) in [5.74, 6) is -0.228. The number of aromatic nitrogens is 3. The number of carbonyl (C=O) groups is 1. The third kappa shape index (κ3) is 4.00. The molecular weight excluding hydrogens is 340 g/mol. The second kappa shape index (κ2) is 8.03. The van der Waals surface area contributed by atoms with Crippen molar-refractivity contribution in [3.8, 4) is 5.69 Å². The monoisotopic (exact) mass is 365 g/mol. The Morgan fingerprint density at radius 3 is 2.41 bits per heavy atom. The van der Waals surface area contributed by atoms with Gasteiger partial charge in [0.05, 0.1) is 11.4 Å². The minimum Gasteiger partial charge on any atom is -0.314 e. The van der Waals surface area contributed by atoms with Gasteiger partial charge in [0.25, 0.3) is 11.5 Å². The maximum absolute atomic E-state index is 12.8. The molecule has 6 heteroatoms. The van der Waals surface area contributed by atoms with E-state index >= 15 is 0 Å². The molecule has 0 aliphatic rings. The summed E-state index contributed by atoms with van der Waals surface area (Å²) in [4.78, 5) is 25.3. The van der Waals surface area contributed by atoms with Gasteiger partial charge in [0.2, 0.25) is 6.54 Å². The van der Waals surface area contributed by atoms with E-state index in [4.69, 9.17) is 0 Å². The van der Waals surface area contributed by atoms with Crippen LogP contribution in [0.4, 0.5) is 5.69 Å². The Morgan fingerprint density at radius 2 is 1.78 bits per heavy atom. The van der Waals surface area contributed by atoms with E-state index in [-0.39, 0.29) is 18.0 Å². The number of rotatable bonds is 6. The van der Waals surface area contributed by atoms with Gasteiger partial charge < -0.3 is 5.32 Å². The van der Waals surface area contributed by atoms with Crippen molar-refractivity contribution in [2.75, 3.05) is 5.32 Å². The van der Waals surface area contributed by atoms with Gasteiger partial charge in [-0.05, 0) is 31.0 Å². The van der Waals surface area contributed by atoms with Crippen LogP contribution in [0.25, 0.3) is 5.69 Å². The molecule has 0 radical (unpaired) electrons. The van der Waals surface area contributed by atoms with Crippen molar-refractivity contribution in [2.45, 2.75) is 33.2 Å². The molecule has 0 aliphatic carbocycles. The summed E-state index contributed by atoms with van der Waals surface area (Å²) in [6.07, 6.45) is 5.90. The Hall–Kier alpha value is -3.15. The first kappa shape index (κ1) is 18.6. The van der Waals surface area contributed by atoms with Crippen LogP contribution in [0.15, 0.2) is 59.7 Å². The van der Waals surface area contributed by atoms with E-state index < -0.39 is 0 Å². The predicted octanol–water partition coefficient (Wildman–Crippen LogP) is 2.36. The fourth-order valence-corrected chi connectivity index (χ4v) is 3.11. The second-order valence-electron chi connectivity index (χ2n) is 6.61. The number of hydrogen-bond donors (Lipinski definition) is 1. The number of benzene rings is 1. The highest BCUT2D eigenvalue weighted by molar-refractivity contribution is 5.90. The van der Waals surface area contributed by atoms with Gasteiger partial charge >= 0.3 is 0 Å². The van der Waals surface area contributed by atoms with Crippen LogP contribution in [0.5, 0.6) is 0 Å². The zero-order valence-electron chi connectivity index (χ0n) is 16.0. The SMILES string of the molecule is CCCc1cc[n+](CC(=O)Nc2c(C)n(C)n(-c3ccccc3)c2=O)cc1. The van der Waals surface area contributed by atoms with Gasteiger partial charge in [-0.3, -0.25) is 14.3 Å². The topological polar surface area (TPSA) is 59.9 Å². The van der Waals surface area contributed by atoms with Crippen molar-refractivity contribution in [1.29, 1.82) is 0 Å². The highest BCUT2D eigenvalue weighted by atomic mass is 16.2. The Balaban J connectivity index is 1.79. The van der Waals surface area contributed by atoms with Crippen LogP contribution >= 0.6 is 0 Å². The number of nitrogens with zero attached hydrogens (tertiary/aromatic N) is 3. The number of amides is 1. The number of carbonyl (C=O) groups excluding carboxylic acids is 1. The second-order valence-corrected chi connectivity index (χ2v) is 6.61. The molecule has 3 rings (SSSR count). The summed E-state index contributed by atoms with van der Waals surface area (Å²) in [5.41, 5.74) is 2.79. The van der Waals surface area contributed by atoms with Gasteiger partial charge in [-0.2, -0.15) is 4.57 Å². The van der Waals surface area contributed by atoms with Crippen LogP contribution in [0, 0.1) is 6.92 Å². The molecule has 1 amide bonds. The Labute approximate surface area is 158 Å². The van der Waals surface area contributed by atoms with E-state index in [1.54, 1.807) is 16.4 Å². The van der Waals surface area contributed by atoms with E-state index in [1.807, 2.05) is 66.3 Å². The third-order valence-corrected chi connectivity index (χ3v) is 4.64. The molecule has 1 N–H and O–H groups in total. The number of para-hydroxylation sites is 1. The molecule has 0 fully saturated rings. The van der Waals surface area contributed by atoms with Gasteiger partial charge in [-0.15, -0.1) is 0 Å². The van der Waals surface area contributed by atoms with Crippen molar-refractivity contribution in [2.24, 2.45) is 7.05 Å². The predicted molar refractivity (Wildman–Crippen MR) is 105 cm³/mol. The molecule has 0 saturated carbocycles. The summed E-state index contributed by atoms with van der Waals surface area (Å²) in [6.45, 7) is 4.12. The smallest absolute Gasteiger partial charge is 0.295 e. The van der Waals surface area contributed by atoms with E-state index in [0.29, 0.717) is 11.4 Å². The van der Waals surface area contributed by atoms with Crippen molar-refractivity contribution in [3.63, 3.8) is 0 Å². The maximum atomic E-state index is 12.8. The number of nitrogens with one attached hydrogen (secondary N) is 1. The summed E-state index contributed by atoms with van der Waals surface area (Å²) >= 11 is 0. The number of hydrogen-bond acceptors (Lipinski definition) is 2. The number of pyridine rings is 1. The van der Waals surface area contributed by atoms with Gasteiger partial charge in [0.1, 0.15) is 5.69 Å². The van der Waals surface area contributed by atoms with Crippen LogP contribution in [-0.2, 0) is 24.8 Å². The van der Waals surface area contributed by atoms with Crippen LogP contribution in [0.3, 0.4) is 0 Å². The average Bonchev–Trinajstić information content (AvgIpc) is 2.87. The Bertz CT molecular complexity index is 986. The van der Waals surface area contributed by atoms with Crippen LogP contribution < -0.4 is 15.4 Å². The maximum Gasteiger partial charge on any atom is 0.295 e. The van der Waals surface area contributed by atoms with Crippen molar-refractivity contribution in [3.05, 3.63) is 76.5 Å². The molecule has 2 heterocycles. The Morgan fingerprint density at radius 1 is 1.11 bits per heavy atom. The van der Waals surface area contributed by atoms with E-state index in [1.165, 1.54) is 5.56 Å². The molecule has 0 unspecified atom stereocenters. The van der Waals surface area contributed by atoms with Crippen molar-refractivity contribution < 1.29 is 9.36 Å². The summed E-state index contributed by atoms with van der Waals surface area (Å²) in [7, 11) is 1.81. The van der Waals surface area contributed by atoms with Crippen molar-refractivity contribution >= 4 is 11.6 Å². The van der Waals surface area contributed by atoms with E-state index in [0.717, 1.165) is 18.5 Å². The van der Waals surface area contributed by atoms with Crippen LogP contribution in [0.1, 0.15) is 24.6 Å². The zero-order valence-corrected chi connectivity index (χ0v) is 16.0. The quantitative estimate of drug-likeness (QED) is 0.682. The van der Waals surface area contributed by atoms with Gasteiger partial charge in [0.15, 0.2) is 12.4 Å². The molecule has 0 aliphatic heterocycles. The lowest BCUT2D eigenvalue weighted by atomic mass is 10.2. The lowest BCUT2D eigenvalue weighted by Gasteiger charge is -2.07. The highest BCUT2D eigenvalue weighted by Gasteiger charge is 2.19. The molecule has 0 atom stereocenters. The van der Waals surface area contributed by atoms with Gasteiger partial charge in [-0.25, -0.2) is 4.68 Å². The fraction of sp³-hybridized carbons (Fsp3) is 0.286. The first-order valence-corrected chi connectivity index (χ1v) is 9.13. The highest BCUT2D eigenvalue weighted by Crippen LogP contribution is 2.13. The van der Waals surface area contributed by atoms with E-state index in [9.17, 15) is 9.59 Å². The van der Waals surface area contributed by atoms with Crippen LogP contribution in [-0.4, -0.2) is 15.3 Å². The third-order valence-electron chi connectivity index (χ3n) is 4.64. The molecule has 1 aromatic carbocycles. The Kier molecular flexibility index (Phi) is 5.54. The number of anilines is 1. The fourth-order valence-electron chi connectivity index (χ4n) is 3.11. The minimum atomic E-state index is -0.238. The molecule has 2 aromatic heterocycles. The molecule has 140 valence electrons. The van der Waals surface area contributed by atoms with Gasteiger partial charge in [0, 0.05) is 19.2 Å². The molecule has 27 heavy (non-hydrogen) atoms. The molecule has 3 aromatic rings. The zero-order chi connectivity index (χ0) is 19.4. The summed E-state index contributed by atoms with van der Waals surface area (Å²) in [5, 5.41) is 2.78. The first-order valence-electron chi connectivity index (χ1n) is 9.13. The number of aryl methyl sites for hydroxylation is 1. The lowest BCUT2D eigenvalue weighted by Crippen LogP contribution is -2.40. The van der Waals surface area contributed by atoms with Gasteiger partial charge in [-0.1, -0.05) is 31.5 Å². The summed E-state index contributed by atoms with van der Waals surface area (Å²) < 4.78 is 5.11. The molecular formula is C21H25N4O2+. The lowest BCUT2D eigenvalue weighted by molar-refractivity contribution is -0.684. The standard InChI is InChI=1S/C21H24N4O2/c1-4-8-17-11-13-24(14-12-17)15-19(26)22-20-16(2)23(3)25(21(20)27)18-9-6-5-7-10-18/h5-7,9-14H,4,8,15H2,1-3H3/p+1. The normalized spacial score (nSPS) is 10.8. The summed E-state index contributed by atoms with van der Waals surface area (Å²) in [6, 6.07) is 13.4. The van der Waals surface area contributed by atoms with E-state index in [2.05, 4.69) is 12.2 Å². The largest absolute Gasteiger partial charge is 0.314 e. The molecule has 0 saturated heterocycles. The minimum absolute atomic E-state index is 0.158. The van der Waals surface area contributed by atoms with Crippen molar-refractivity contribution in [1.82, 2.24) is 9.36 Å². The van der Waals surface area contributed by atoms with Crippen LogP contribution in [0.2, 0.25) is 0 Å². The first-order chi connectivity index (χ1) is 13.0. The molecule has 0 spiro atoms. The molecule has 6 nitrogen and oxygen atoms in total.